The predicted octanol–water partition coefficient (Wildman–Crippen LogP) is 4.25. The van der Waals surface area contributed by atoms with Crippen LogP contribution in [0.2, 0.25) is 0 Å². The number of hydrogen-bond donors (Lipinski definition) is 1. The number of thioether (sulfide) groups is 2. The van der Waals surface area contributed by atoms with Crippen LogP contribution >= 0.6 is 23.5 Å². The van der Waals surface area contributed by atoms with Crippen LogP contribution in [-0.2, 0) is 4.79 Å². The van der Waals surface area contributed by atoms with E-state index in [0.717, 1.165) is 16.9 Å². The van der Waals surface area contributed by atoms with Crippen LogP contribution in [0.3, 0.4) is 0 Å². The van der Waals surface area contributed by atoms with E-state index in [1.54, 1.807) is 23.5 Å². The van der Waals surface area contributed by atoms with Crippen molar-refractivity contribution in [2.45, 2.75) is 22.1 Å². The monoisotopic (exact) mass is 303 g/mol. The Hall–Kier alpha value is -1.39. The topological polar surface area (TPSA) is 29.1 Å². The molecule has 0 bridgehead atoms. The number of carbonyl (C=O) groups is 1. The van der Waals surface area contributed by atoms with Gasteiger partial charge in [-0.3, -0.25) is 4.79 Å². The average molecular weight is 303 g/mol. The molecule has 0 saturated carbocycles. The Morgan fingerprint density at radius 2 is 1.85 bits per heavy atom. The zero-order valence-electron chi connectivity index (χ0n) is 11.5. The molecule has 0 saturated heterocycles. The van der Waals surface area contributed by atoms with Crippen molar-refractivity contribution < 1.29 is 4.79 Å². The van der Waals surface area contributed by atoms with E-state index in [1.807, 2.05) is 18.4 Å². The van der Waals surface area contributed by atoms with Gasteiger partial charge in [-0.1, -0.05) is 41.6 Å². The van der Waals surface area contributed by atoms with Gasteiger partial charge in [-0.15, -0.1) is 11.8 Å². The van der Waals surface area contributed by atoms with Crippen LogP contribution in [-0.4, -0.2) is 12.7 Å². The molecule has 0 radical (unpaired) electrons. The molecular weight excluding hydrogens is 286 g/mol. The molecular formula is C16H17NOS2. The standard InChI is InChI=1S/C16H17NOS2/c1-12-6-8-14(9-7-12)20-16(17-11-18)13-4-3-5-15(10-13)19-2/h3-11,16H,1-2H3,(H,17,18). The average Bonchev–Trinajstić information content (AvgIpc) is 2.49. The van der Waals surface area contributed by atoms with Gasteiger partial charge < -0.3 is 5.32 Å². The Morgan fingerprint density at radius 1 is 1.10 bits per heavy atom. The fourth-order valence-corrected chi connectivity index (χ4v) is 3.26. The van der Waals surface area contributed by atoms with Crippen molar-refractivity contribution in [1.82, 2.24) is 5.32 Å². The van der Waals surface area contributed by atoms with Gasteiger partial charge in [0.25, 0.3) is 0 Å². The fourth-order valence-electron chi connectivity index (χ4n) is 1.82. The van der Waals surface area contributed by atoms with Gasteiger partial charge in [-0.2, -0.15) is 0 Å². The van der Waals surface area contributed by atoms with Crippen LogP contribution in [0.5, 0.6) is 0 Å². The second kappa shape index (κ2) is 7.41. The first-order valence-electron chi connectivity index (χ1n) is 6.30. The highest BCUT2D eigenvalue weighted by atomic mass is 32.2. The predicted molar refractivity (Wildman–Crippen MR) is 87.2 cm³/mol. The summed E-state index contributed by atoms with van der Waals surface area (Å²) in [6.45, 7) is 2.07. The third-order valence-corrected chi connectivity index (χ3v) is 4.80. The SMILES string of the molecule is CSc1cccc(C(NC=O)Sc2ccc(C)cc2)c1. The fraction of sp³-hybridized carbons (Fsp3) is 0.188. The van der Waals surface area contributed by atoms with E-state index in [9.17, 15) is 4.79 Å². The molecule has 1 atom stereocenters. The van der Waals surface area contributed by atoms with Crippen molar-refractivity contribution >= 4 is 29.9 Å². The molecule has 1 N–H and O–H groups in total. The molecule has 0 aliphatic rings. The number of benzene rings is 2. The van der Waals surface area contributed by atoms with Gasteiger partial charge in [0.1, 0.15) is 5.37 Å². The molecule has 0 aliphatic carbocycles. The highest BCUT2D eigenvalue weighted by molar-refractivity contribution is 7.99. The van der Waals surface area contributed by atoms with E-state index in [0.29, 0.717) is 0 Å². The molecule has 0 aliphatic heterocycles. The first-order chi connectivity index (χ1) is 9.72. The lowest BCUT2D eigenvalue weighted by Crippen LogP contribution is -2.16. The summed E-state index contributed by atoms with van der Waals surface area (Å²) >= 11 is 3.34. The minimum atomic E-state index is -0.0673. The van der Waals surface area contributed by atoms with Gasteiger partial charge in [0, 0.05) is 9.79 Å². The van der Waals surface area contributed by atoms with Gasteiger partial charge in [0.05, 0.1) is 0 Å². The van der Waals surface area contributed by atoms with Crippen LogP contribution in [0.4, 0.5) is 0 Å². The Bertz CT molecular complexity index is 569. The van der Waals surface area contributed by atoms with Crippen LogP contribution in [0.1, 0.15) is 16.5 Å². The first-order valence-corrected chi connectivity index (χ1v) is 8.40. The number of aryl methyl sites for hydroxylation is 1. The number of amides is 1. The second-order valence-electron chi connectivity index (χ2n) is 4.37. The molecule has 104 valence electrons. The summed E-state index contributed by atoms with van der Waals surface area (Å²) in [5.41, 5.74) is 2.34. The summed E-state index contributed by atoms with van der Waals surface area (Å²) in [5.74, 6) is 0. The first kappa shape index (κ1) is 15.0. The highest BCUT2D eigenvalue weighted by Gasteiger charge is 2.12. The Balaban J connectivity index is 2.21. The molecule has 2 nitrogen and oxygen atoms in total. The van der Waals surface area contributed by atoms with E-state index >= 15 is 0 Å². The van der Waals surface area contributed by atoms with E-state index < -0.39 is 0 Å². The maximum Gasteiger partial charge on any atom is 0.208 e. The summed E-state index contributed by atoms with van der Waals surface area (Å²) in [5, 5.41) is 2.82. The molecule has 0 fully saturated rings. The van der Waals surface area contributed by atoms with Gasteiger partial charge in [0.2, 0.25) is 6.41 Å². The zero-order chi connectivity index (χ0) is 14.4. The van der Waals surface area contributed by atoms with E-state index in [2.05, 4.69) is 48.6 Å². The van der Waals surface area contributed by atoms with Crippen molar-refractivity contribution in [1.29, 1.82) is 0 Å². The molecule has 0 heterocycles. The van der Waals surface area contributed by atoms with E-state index in [4.69, 9.17) is 0 Å². The summed E-state index contributed by atoms with van der Waals surface area (Å²) < 4.78 is 0. The van der Waals surface area contributed by atoms with Gasteiger partial charge in [0.15, 0.2) is 0 Å². The number of rotatable bonds is 6. The molecule has 1 unspecified atom stereocenters. The third-order valence-electron chi connectivity index (χ3n) is 2.89. The largest absolute Gasteiger partial charge is 0.342 e. The quantitative estimate of drug-likeness (QED) is 0.491. The molecule has 20 heavy (non-hydrogen) atoms. The van der Waals surface area contributed by atoms with Gasteiger partial charge in [-0.25, -0.2) is 0 Å². The number of nitrogens with one attached hydrogen (secondary N) is 1. The third kappa shape index (κ3) is 4.05. The summed E-state index contributed by atoms with van der Waals surface area (Å²) in [6, 6.07) is 16.6. The smallest absolute Gasteiger partial charge is 0.208 e. The van der Waals surface area contributed by atoms with Crippen molar-refractivity contribution in [2.24, 2.45) is 0 Å². The van der Waals surface area contributed by atoms with E-state index in [1.165, 1.54) is 10.5 Å². The lowest BCUT2D eigenvalue weighted by molar-refractivity contribution is -0.109. The van der Waals surface area contributed by atoms with E-state index in [-0.39, 0.29) is 5.37 Å². The Morgan fingerprint density at radius 3 is 2.50 bits per heavy atom. The lowest BCUT2D eigenvalue weighted by atomic mass is 10.2. The molecule has 2 aromatic rings. The molecule has 2 aromatic carbocycles. The number of hydrogen-bond acceptors (Lipinski definition) is 3. The maximum absolute atomic E-state index is 10.9. The summed E-state index contributed by atoms with van der Waals surface area (Å²) in [7, 11) is 0. The van der Waals surface area contributed by atoms with Crippen molar-refractivity contribution in [3.8, 4) is 0 Å². The normalized spacial score (nSPS) is 11.9. The van der Waals surface area contributed by atoms with Crippen molar-refractivity contribution in [3.63, 3.8) is 0 Å². The minimum absolute atomic E-state index is 0.0673. The molecule has 0 aromatic heterocycles. The van der Waals surface area contributed by atoms with Gasteiger partial charge >= 0.3 is 0 Å². The molecule has 0 spiro atoms. The van der Waals surface area contributed by atoms with Crippen LogP contribution in [0.25, 0.3) is 0 Å². The summed E-state index contributed by atoms with van der Waals surface area (Å²) in [4.78, 5) is 13.2. The Labute approximate surface area is 128 Å². The van der Waals surface area contributed by atoms with Crippen molar-refractivity contribution in [3.05, 3.63) is 59.7 Å². The summed E-state index contributed by atoms with van der Waals surface area (Å²) in [6.07, 6.45) is 2.81. The lowest BCUT2D eigenvalue weighted by Gasteiger charge is -2.17. The van der Waals surface area contributed by atoms with Crippen molar-refractivity contribution in [2.75, 3.05) is 6.26 Å². The number of carbonyl (C=O) groups excluding carboxylic acids is 1. The van der Waals surface area contributed by atoms with Gasteiger partial charge in [-0.05, 0) is 43.0 Å². The second-order valence-corrected chi connectivity index (χ2v) is 6.43. The van der Waals surface area contributed by atoms with Crippen LogP contribution in [0.15, 0.2) is 58.3 Å². The molecule has 1 amide bonds. The molecule has 2 rings (SSSR count). The Kier molecular flexibility index (Phi) is 5.56. The van der Waals surface area contributed by atoms with Crippen LogP contribution < -0.4 is 5.32 Å². The maximum atomic E-state index is 10.9. The molecule has 4 heteroatoms. The zero-order valence-corrected chi connectivity index (χ0v) is 13.1. The minimum Gasteiger partial charge on any atom is -0.342 e. The highest BCUT2D eigenvalue weighted by Crippen LogP contribution is 2.34. The van der Waals surface area contributed by atoms with Crippen LogP contribution in [0, 0.1) is 6.92 Å².